The van der Waals surface area contributed by atoms with Gasteiger partial charge in [-0.05, 0) is 38.5 Å². The van der Waals surface area contributed by atoms with E-state index in [1.165, 1.54) is 122 Å². The zero-order valence-corrected chi connectivity index (χ0v) is 25.0. The van der Waals surface area contributed by atoms with Crippen molar-refractivity contribution in [2.75, 3.05) is 6.61 Å². The number of carbonyl (C=O) groups excluding carboxylic acids is 1. The molecule has 0 bridgehead atoms. The smallest absolute Gasteiger partial charge is 0.220 e. The van der Waals surface area contributed by atoms with Gasteiger partial charge in [0.1, 0.15) is 0 Å². The van der Waals surface area contributed by atoms with Crippen LogP contribution >= 0.6 is 0 Å². The van der Waals surface area contributed by atoms with Gasteiger partial charge >= 0.3 is 0 Å². The Bertz CT molecular complexity index is 494. The highest BCUT2D eigenvalue weighted by Gasteiger charge is 2.19. The highest BCUT2D eigenvalue weighted by molar-refractivity contribution is 5.76. The van der Waals surface area contributed by atoms with E-state index in [-0.39, 0.29) is 12.5 Å². The third-order valence-electron chi connectivity index (χ3n) is 7.53. The molecule has 37 heavy (non-hydrogen) atoms. The Morgan fingerprint density at radius 2 is 1.03 bits per heavy atom. The number of nitrogens with one attached hydrogen (secondary N) is 1. The summed E-state index contributed by atoms with van der Waals surface area (Å²) in [5.41, 5.74) is 0. The lowest BCUT2D eigenvalue weighted by Crippen LogP contribution is -2.45. The molecule has 2 unspecified atom stereocenters. The first-order valence-corrected chi connectivity index (χ1v) is 16.4. The average molecular weight is 524 g/mol. The van der Waals surface area contributed by atoms with Crippen molar-refractivity contribution < 1.29 is 15.0 Å². The maximum atomic E-state index is 12.3. The van der Waals surface area contributed by atoms with E-state index in [1.807, 2.05) is 0 Å². The number of aliphatic hydroxyl groups excluding tert-OH is 2. The zero-order valence-electron chi connectivity index (χ0n) is 25.0. The van der Waals surface area contributed by atoms with Crippen molar-refractivity contribution in [3.63, 3.8) is 0 Å². The monoisotopic (exact) mass is 523 g/mol. The Morgan fingerprint density at radius 1 is 0.622 bits per heavy atom. The molecule has 0 heterocycles. The lowest BCUT2D eigenvalue weighted by atomic mass is 10.0. The van der Waals surface area contributed by atoms with Gasteiger partial charge in [0.2, 0.25) is 5.91 Å². The van der Waals surface area contributed by atoms with Gasteiger partial charge < -0.3 is 15.5 Å². The lowest BCUT2D eigenvalue weighted by Gasteiger charge is -2.22. The summed E-state index contributed by atoms with van der Waals surface area (Å²) in [6.07, 6.45) is 33.9. The number of hydrogen-bond donors (Lipinski definition) is 3. The topological polar surface area (TPSA) is 69.6 Å². The minimum atomic E-state index is -0.656. The zero-order chi connectivity index (χ0) is 27.2. The van der Waals surface area contributed by atoms with Crippen LogP contribution in [0.3, 0.4) is 0 Å². The van der Waals surface area contributed by atoms with Crippen molar-refractivity contribution in [3.05, 3.63) is 12.2 Å². The average Bonchev–Trinajstić information content (AvgIpc) is 2.90. The molecule has 0 spiro atoms. The molecular formula is C33H65NO3. The summed E-state index contributed by atoms with van der Waals surface area (Å²) in [5.74, 6) is -0.0427. The van der Waals surface area contributed by atoms with Crippen LogP contribution in [0, 0.1) is 0 Å². The number of hydrogen-bond acceptors (Lipinski definition) is 3. The van der Waals surface area contributed by atoms with Crippen molar-refractivity contribution in [2.45, 2.75) is 187 Å². The molecule has 0 aliphatic carbocycles. The number of allylic oxidation sites excluding steroid dienone is 2. The summed E-state index contributed by atoms with van der Waals surface area (Å²) in [4.78, 5) is 12.3. The number of rotatable bonds is 29. The Balaban J connectivity index is 3.60. The van der Waals surface area contributed by atoms with Crippen LogP contribution in [-0.2, 0) is 4.79 Å². The number of unbranched alkanes of at least 4 members (excludes halogenated alkanes) is 20. The van der Waals surface area contributed by atoms with Crippen molar-refractivity contribution in [2.24, 2.45) is 0 Å². The molecule has 0 radical (unpaired) electrons. The van der Waals surface area contributed by atoms with Crippen LogP contribution in [0.25, 0.3) is 0 Å². The molecular weight excluding hydrogens is 458 g/mol. The molecule has 0 fully saturated rings. The minimum absolute atomic E-state index is 0.0427. The van der Waals surface area contributed by atoms with E-state index in [9.17, 15) is 15.0 Å². The molecule has 4 nitrogen and oxygen atoms in total. The van der Waals surface area contributed by atoms with Gasteiger partial charge in [-0.2, -0.15) is 0 Å². The minimum Gasteiger partial charge on any atom is -0.394 e. The van der Waals surface area contributed by atoms with Crippen LogP contribution < -0.4 is 5.32 Å². The van der Waals surface area contributed by atoms with Crippen LogP contribution in [0.2, 0.25) is 0 Å². The predicted molar refractivity (Wildman–Crippen MR) is 161 cm³/mol. The summed E-state index contributed by atoms with van der Waals surface area (Å²) in [6.45, 7) is 4.32. The second-order valence-corrected chi connectivity index (χ2v) is 11.2. The molecule has 220 valence electrons. The summed E-state index contributed by atoms with van der Waals surface area (Å²) in [5, 5.41) is 22.9. The van der Waals surface area contributed by atoms with E-state index in [4.69, 9.17) is 0 Å². The fraction of sp³-hybridized carbons (Fsp3) is 0.909. The summed E-state index contributed by atoms with van der Waals surface area (Å²) >= 11 is 0. The Hall–Kier alpha value is -0.870. The highest BCUT2D eigenvalue weighted by Crippen LogP contribution is 2.14. The van der Waals surface area contributed by atoms with Gasteiger partial charge in [-0.15, -0.1) is 0 Å². The van der Waals surface area contributed by atoms with E-state index in [1.54, 1.807) is 0 Å². The normalized spacial score (nSPS) is 13.3. The maximum Gasteiger partial charge on any atom is 0.220 e. The van der Waals surface area contributed by atoms with Crippen LogP contribution in [0.1, 0.15) is 174 Å². The first-order valence-electron chi connectivity index (χ1n) is 16.4. The van der Waals surface area contributed by atoms with E-state index >= 15 is 0 Å². The molecule has 1 amide bonds. The van der Waals surface area contributed by atoms with Gasteiger partial charge in [-0.1, -0.05) is 142 Å². The highest BCUT2D eigenvalue weighted by atomic mass is 16.3. The molecule has 0 saturated heterocycles. The largest absolute Gasteiger partial charge is 0.394 e. The summed E-state index contributed by atoms with van der Waals surface area (Å²) in [7, 11) is 0. The predicted octanol–water partition coefficient (Wildman–Crippen LogP) is 9.17. The standard InChI is InChI=1S/C33H65NO3/c1-3-5-7-9-11-13-15-16-17-19-21-23-25-27-29-33(37)34-31(30-35)32(36)28-26-24-22-20-18-14-12-10-8-6-4-2/h15-16,31-32,35-36H,3-14,17-30H2,1-2H3,(H,34,37)/b16-15-. The fourth-order valence-corrected chi connectivity index (χ4v) is 4.94. The first-order chi connectivity index (χ1) is 18.2. The van der Waals surface area contributed by atoms with Crippen molar-refractivity contribution in [1.82, 2.24) is 5.32 Å². The molecule has 0 saturated carbocycles. The Labute approximate surface area is 231 Å². The lowest BCUT2D eigenvalue weighted by molar-refractivity contribution is -0.123. The van der Waals surface area contributed by atoms with Crippen LogP contribution in [0.15, 0.2) is 12.2 Å². The molecule has 0 rings (SSSR count). The van der Waals surface area contributed by atoms with E-state index < -0.39 is 12.1 Å². The van der Waals surface area contributed by atoms with Crippen molar-refractivity contribution in [3.8, 4) is 0 Å². The van der Waals surface area contributed by atoms with Gasteiger partial charge in [-0.3, -0.25) is 4.79 Å². The molecule has 0 aromatic carbocycles. The van der Waals surface area contributed by atoms with Crippen molar-refractivity contribution in [1.29, 1.82) is 0 Å². The SMILES string of the molecule is CCCCCCC/C=C\CCCCCCCC(=O)NC(CO)C(O)CCCCCCCCCCCCC. The molecule has 3 N–H and O–H groups in total. The summed E-state index contributed by atoms with van der Waals surface area (Å²) < 4.78 is 0. The van der Waals surface area contributed by atoms with Crippen LogP contribution in [-0.4, -0.2) is 34.9 Å². The van der Waals surface area contributed by atoms with E-state index in [2.05, 4.69) is 31.3 Å². The molecule has 0 aromatic rings. The van der Waals surface area contributed by atoms with Gasteiger partial charge in [-0.25, -0.2) is 0 Å². The third-order valence-corrected chi connectivity index (χ3v) is 7.53. The molecule has 0 aromatic heterocycles. The number of carbonyl (C=O) groups is 1. The van der Waals surface area contributed by atoms with Gasteiger partial charge in [0.15, 0.2) is 0 Å². The third kappa shape index (κ3) is 26.5. The summed E-state index contributed by atoms with van der Waals surface area (Å²) in [6, 6.07) is -0.533. The quantitative estimate of drug-likeness (QED) is 0.0676. The molecule has 0 aliphatic rings. The Kier molecular flexibility index (Phi) is 29.0. The number of aliphatic hydroxyl groups is 2. The fourth-order valence-electron chi connectivity index (χ4n) is 4.94. The number of amides is 1. The van der Waals surface area contributed by atoms with Gasteiger partial charge in [0, 0.05) is 6.42 Å². The van der Waals surface area contributed by atoms with Crippen LogP contribution in [0.4, 0.5) is 0 Å². The molecule has 0 aliphatic heterocycles. The maximum absolute atomic E-state index is 12.3. The van der Waals surface area contributed by atoms with Crippen molar-refractivity contribution >= 4 is 5.91 Å². The van der Waals surface area contributed by atoms with Gasteiger partial charge in [0.25, 0.3) is 0 Å². The van der Waals surface area contributed by atoms with Gasteiger partial charge in [0.05, 0.1) is 18.8 Å². The Morgan fingerprint density at radius 3 is 1.49 bits per heavy atom. The molecule has 2 atom stereocenters. The van der Waals surface area contributed by atoms with Crippen LogP contribution in [0.5, 0.6) is 0 Å². The van der Waals surface area contributed by atoms with E-state index in [0.717, 1.165) is 25.7 Å². The second kappa shape index (κ2) is 29.7. The van der Waals surface area contributed by atoms with E-state index in [0.29, 0.717) is 12.8 Å². The second-order valence-electron chi connectivity index (χ2n) is 11.2. The molecule has 4 heteroatoms. The first kappa shape index (κ1) is 36.1.